The van der Waals surface area contributed by atoms with Crippen LogP contribution in [0.4, 0.5) is 0 Å². The molecule has 4 N–H and O–H groups in total. The second kappa shape index (κ2) is 5.89. The molecule has 0 heterocycles. The summed E-state index contributed by atoms with van der Waals surface area (Å²) in [5.74, 6) is 0. The van der Waals surface area contributed by atoms with Crippen molar-refractivity contribution in [2.75, 3.05) is 6.54 Å². The van der Waals surface area contributed by atoms with E-state index >= 15 is 0 Å². The Bertz CT molecular complexity index is 168. The smallest absolute Gasteiger partial charge is 0.0416 e. The van der Waals surface area contributed by atoms with Gasteiger partial charge < -0.3 is 11.5 Å². The van der Waals surface area contributed by atoms with Crippen LogP contribution < -0.4 is 11.5 Å². The van der Waals surface area contributed by atoms with Gasteiger partial charge in [-0.25, -0.2) is 0 Å². The van der Waals surface area contributed by atoms with Crippen molar-refractivity contribution in [1.82, 2.24) is 0 Å². The Labute approximate surface area is 68.3 Å². The molecule has 0 aromatic rings. The van der Waals surface area contributed by atoms with Crippen molar-refractivity contribution in [2.45, 2.75) is 13.0 Å². The minimum absolute atomic E-state index is 0.0591. The van der Waals surface area contributed by atoms with Crippen LogP contribution in [0, 0.1) is 0 Å². The molecule has 1 atom stereocenters. The summed E-state index contributed by atoms with van der Waals surface area (Å²) in [4.78, 5) is 0. The third-order valence-electron chi connectivity index (χ3n) is 1.44. The number of hydrogen-bond donors (Lipinski definition) is 2. The van der Waals surface area contributed by atoms with Gasteiger partial charge in [0.25, 0.3) is 0 Å². The first-order chi connectivity index (χ1) is 5.26. The molecule has 0 saturated heterocycles. The molecular weight excluding hydrogens is 136 g/mol. The van der Waals surface area contributed by atoms with E-state index in [1.165, 1.54) is 0 Å². The van der Waals surface area contributed by atoms with Crippen LogP contribution in [-0.2, 0) is 0 Å². The number of nitrogens with two attached hydrogens (primary N) is 2. The molecule has 62 valence electrons. The largest absolute Gasteiger partial charge is 0.329 e. The van der Waals surface area contributed by atoms with Crippen LogP contribution in [0.25, 0.3) is 0 Å². The first-order valence-electron chi connectivity index (χ1n) is 3.67. The minimum Gasteiger partial charge on any atom is -0.329 e. The molecule has 0 aliphatic rings. The third-order valence-corrected chi connectivity index (χ3v) is 1.44. The van der Waals surface area contributed by atoms with E-state index in [1.54, 1.807) is 6.08 Å². The zero-order valence-electron chi connectivity index (χ0n) is 6.96. The molecule has 0 bridgehead atoms. The van der Waals surface area contributed by atoms with Crippen LogP contribution in [0.2, 0.25) is 0 Å². The average Bonchev–Trinajstić information content (AvgIpc) is 2.05. The number of rotatable bonds is 4. The summed E-state index contributed by atoms with van der Waals surface area (Å²) < 4.78 is 0. The zero-order valence-corrected chi connectivity index (χ0v) is 6.96. The first kappa shape index (κ1) is 10.1. The molecule has 0 amide bonds. The second-order valence-corrected chi connectivity index (χ2v) is 2.23. The van der Waals surface area contributed by atoms with Gasteiger partial charge in [-0.3, -0.25) is 0 Å². The van der Waals surface area contributed by atoms with Crippen LogP contribution in [0.15, 0.2) is 36.5 Å². The van der Waals surface area contributed by atoms with E-state index in [2.05, 4.69) is 6.58 Å². The molecule has 0 aliphatic heterocycles. The molecule has 0 saturated carbocycles. The maximum Gasteiger partial charge on any atom is 0.0416 e. The molecule has 0 fully saturated rings. The molecule has 11 heavy (non-hydrogen) atoms. The van der Waals surface area contributed by atoms with E-state index in [0.29, 0.717) is 6.54 Å². The molecule has 0 unspecified atom stereocenters. The lowest BCUT2D eigenvalue weighted by atomic mass is 10.1. The van der Waals surface area contributed by atoms with Crippen molar-refractivity contribution >= 4 is 0 Å². The molecule has 0 aromatic carbocycles. The van der Waals surface area contributed by atoms with Gasteiger partial charge in [0.15, 0.2) is 0 Å². The van der Waals surface area contributed by atoms with Crippen LogP contribution >= 0.6 is 0 Å². The summed E-state index contributed by atoms with van der Waals surface area (Å²) in [6.45, 7) is 5.98. The third kappa shape index (κ3) is 3.75. The van der Waals surface area contributed by atoms with Crippen LogP contribution in [-0.4, -0.2) is 12.6 Å². The zero-order chi connectivity index (χ0) is 8.69. The Balaban J connectivity index is 4.18. The minimum atomic E-state index is -0.0591. The fourth-order valence-corrected chi connectivity index (χ4v) is 0.749. The fourth-order valence-electron chi connectivity index (χ4n) is 0.749. The fraction of sp³-hybridized carbons (Fsp3) is 0.333. The molecule has 2 nitrogen and oxygen atoms in total. The van der Waals surface area contributed by atoms with Gasteiger partial charge in [-0.15, -0.1) is 0 Å². The summed E-state index contributed by atoms with van der Waals surface area (Å²) in [6.07, 6.45) is 7.44. The Kier molecular flexibility index (Phi) is 5.43. The van der Waals surface area contributed by atoms with Crippen LogP contribution in [0.1, 0.15) is 6.92 Å². The molecule has 0 radical (unpaired) electrons. The van der Waals surface area contributed by atoms with Gasteiger partial charge in [-0.05, 0) is 12.5 Å². The van der Waals surface area contributed by atoms with Crippen LogP contribution in [0.3, 0.4) is 0 Å². The lowest BCUT2D eigenvalue weighted by molar-refractivity contribution is 0.793. The lowest BCUT2D eigenvalue weighted by Crippen LogP contribution is -2.30. The molecule has 0 rings (SSSR count). The monoisotopic (exact) mass is 152 g/mol. The maximum atomic E-state index is 5.69. The normalized spacial score (nSPS) is 15.4. The van der Waals surface area contributed by atoms with Crippen LogP contribution in [0.5, 0.6) is 0 Å². The highest BCUT2D eigenvalue weighted by atomic mass is 14.7. The van der Waals surface area contributed by atoms with Gasteiger partial charge in [0, 0.05) is 12.6 Å². The van der Waals surface area contributed by atoms with Gasteiger partial charge in [0.2, 0.25) is 0 Å². The van der Waals surface area contributed by atoms with E-state index in [4.69, 9.17) is 11.5 Å². The predicted molar refractivity (Wildman–Crippen MR) is 50.1 cm³/mol. The summed E-state index contributed by atoms with van der Waals surface area (Å²) in [5, 5.41) is 0. The summed E-state index contributed by atoms with van der Waals surface area (Å²) >= 11 is 0. The average molecular weight is 152 g/mol. The predicted octanol–water partition coefficient (Wildman–Crippen LogP) is 0.961. The quantitative estimate of drug-likeness (QED) is 0.589. The van der Waals surface area contributed by atoms with Gasteiger partial charge in [-0.1, -0.05) is 30.9 Å². The lowest BCUT2D eigenvalue weighted by Gasteiger charge is -2.08. The van der Waals surface area contributed by atoms with Crippen molar-refractivity contribution < 1.29 is 0 Å². The second-order valence-electron chi connectivity index (χ2n) is 2.23. The van der Waals surface area contributed by atoms with Gasteiger partial charge in [-0.2, -0.15) is 0 Å². The molecule has 0 aliphatic carbocycles. The maximum absolute atomic E-state index is 5.69. The molecule has 2 heteroatoms. The highest BCUT2D eigenvalue weighted by Gasteiger charge is 2.00. The summed E-state index contributed by atoms with van der Waals surface area (Å²) in [7, 11) is 0. The van der Waals surface area contributed by atoms with E-state index in [1.807, 2.05) is 25.2 Å². The van der Waals surface area contributed by atoms with Crippen molar-refractivity contribution in [1.29, 1.82) is 0 Å². The number of hydrogen-bond acceptors (Lipinski definition) is 2. The standard InChI is InChI=1S/C9H16N2/c1-3-5-6-8(4-2)9(11)7-10/h3-6,9H,1,7,10-11H2,2H3/b6-5-,8-4+/t9-/m0/s1. The summed E-state index contributed by atoms with van der Waals surface area (Å²) in [5.41, 5.74) is 12.1. The Morgan fingerprint density at radius 1 is 1.64 bits per heavy atom. The van der Waals surface area contributed by atoms with Crippen molar-refractivity contribution in [3.05, 3.63) is 36.5 Å². The molecular formula is C9H16N2. The molecule has 0 spiro atoms. The van der Waals surface area contributed by atoms with E-state index < -0.39 is 0 Å². The molecule has 0 aromatic heterocycles. The van der Waals surface area contributed by atoms with E-state index in [9.17, 15) is 0 Å². The summed E-state index contributed by atoms with van der Waals surface area (Å²) in [6, 6.07) is -0.0591. The van der Waals surface area contributed by atoms with E-state index in [-0.39, 0.29) is 6.04 Å². The van der Waals surface area contributed by atoms with Gasteiger partial charge >= 0.3 is 0 Å². The SMILES string of the molecule is C=C/C=C\C(=C/C)[C@@H](N)CN. The van der Waals surface area contributed by atoms with Crippen molar-refractivity contribution in [3.63, 3.8) is 0 Å². The van der Waals surface area contributed by atoms with E-state index in [0.717, 1.165) is 5.57 Å². The highest BCUT2D eigenvalue weighted by molar-refractivity contribution is 5.26. The first-order valence-corrected chi connectivity index (χ1v) is 3.67. The Morgan fingerprint density at radius 3 is 2.64 bits per heavy atom. The van der Waals surface area contributed by atoms with Gasteiger partial charge in [0.1, 0.15) is 0 Å². The van der Waals surface area contributed by atoms with Gasteiger partial charge in [0.05, 0.1) is 0 Å². The Hall–Kier alpha value is -0.860. The number of allylic oxidation sites excluding steroid dienone is 3. The van der Waals surface area contributed by atoms with Crippen molar-refractivity contribution in [2.24, 2.45) is 11.5 Å². The topological polar surface area (TPSA) is 52.0 Å². The Morgan fingerprint density at radius 2 is 2.27 bits per heavy atom. The van der Waals surface area contributed by atoms with Crippen molar-refractivity contribution in [3.8, 4) is 0 Å². The highest BCUT2D eigenvalue weighted by Crippen LogP contribution is 2.00.